The molecule has 0 saturated carbocycles. The number of alkyl halides is 3. The molecule has 0 spiro atoms. The van der Waals surface area contributed by atoms with Crippen molar-refractivity contribution in [3.8, 4) is 6.07 Å². The van der Waals surface area contributed by atoms with Crippen LogP contribution >= 0.6 is 0 Å². The van der Waals surface area contributed by atoms with E-state index in [1.165, 1.54) is 12.1 Å². The van der Waals surface area contributed by atoms with Crippen molar-refractivity contribution in [3.05, 3.63) is 29.3 Å². The van der Waals surface area contributed by atoms with Gasteiger partial charge in [-0.3, -0.25) is 4.79 Å². The average molecular weight is 342 g/mol. The molecule has 1 rings (SSSR count). The molecule has 3 N–H and O–H groups in total. The number of nitriles is 1. The fourth-order valence-electron chi connectivity index (χ4n) is 1.81. The molecule has 1 aromatic rings. The van der Waals surface area contributed by atoms with Crippen LogP contribution in [0.15, 0.2) is 18.2 Å². The number of amides is 3. The fourth-order valence-corrected chi connectivity index (χ4v) is 1.81. The summed E-state index contributed by atoms with van der Waals surface area (Å²) in [6, 6.07) is 3.54. The second kappa shape index (κ2) is 8.19. The molecule has 0 aliphatic rings. The van der Waals surface area contributed by atoms with Crippen molar-refractivity contribution in [3.63, 3.8) is 0 Å². The van der Waals surface area contributed by atoms with E-state index >= 15 is 0 Å². The molecule has 0 aliphatic heterocycles. The molecule has 0 radical (unpaired) electrons. The number of nitrogens with zero attached hydrogens (tertiary/aromatic N) is 1. The number of anilines is 1. The molecule has 0 fully saturated rings. The Kier molecular flexibility index (Phi) is 6.58. The predicted octanol–water partition coefficient (Wildman–Crippen LogP) is 2.61. The van der Waals surface area contributed by atoms with Crippen LogP contribution in [0.3, 0.4) is 0 Å². The number of hydrogen-bond donors (Lipinski definition) is 3. The maximum absolute atomic E-state index is 12.8. The van der Waals surface area contributed by atoms with Gasteiger partial charge < -0.3 is 16.0 Å². The summed E-state index contributed by atoms with van der Waals surface area (Å²) in [5.74, 6) is -0.247. The number of nitrogens with one attached hydrogen (secondary N) is 3. The van der Waals surface area contributed by atoms with Crippen LogP contribution in [-0.4, -0.2) is 24.5 Å². The largest absolute Gasteiger partial charge is 0.417 e. The summed E-state index contributed by atoms with van der Waals surface area (Å²) in [5, 5.41) is 15.9. The molecule has 0 aliphatic carbocycles. The third-order valence-electron chi connectivity index (χ3n) is 2.79. The highest BCUT2D eigenvalue weighted by Crippen LogP contribution is 2.33. The fraction of sp³-hybridized carbons (Fsp3) is 0.400. The molecule has 0 atom stereocenters. The monoisotopic (exact) mass is 342 g/mol. The first-order valence-electron chi connectivity index (χ1n) is 7.09. The maximum atomic E-state index is 12.8. The van der Waals surface area contributed by atoms with E-state index in [0.717, 1.165) is 6.07 Å². The van der Waals surface area contributed by atoms with Crippen LogP contribution in [0.2, 0.25) is 0 Å². The lowest BCUT2D eigenvalue weighted by molar-refractivity contribution is -0.137. The van der Waals surface area contributed by atoms with E-state index in [4.69, 9.17) is 5.26 Å². The lowest BCUT2D eigenvalue weighted by Crippen LogP contribution is -2.35. The van der Waals surface area contributed by atoms with Gasteiger partial charge in [-0.05, 0) is 32.0 Å². The Bertz CT molecular complexity index is 651. The van der Waals surface area contributed by atoms with E-state index in [0.29, 0.717) is 6.07 Å². The zero-order chi connectivity index (χ0) is 18.3. The molecular weight excluding hydrogens is 325 g/mol. The summed E-state index contributed by atoms with van der Waals surface area (Å²) in [6.45, 7) is 3.62. The van der Waals surface area contributed by atoms with Gasteiger partial charge >= 0.3 is 12.2 Å². The van der Waals surface area contributed by atoms with E-state index in [9.17, 15) is 22.8 Å². The lowest BCUT2D eigenvalue weighted by Gasteiger charge is -2.12. The Hall–Kier alpha value is -2.76. The van der Waals surface area contributed by atoms with Crippen molar-refractivity contribution >= 4 is 17.6 Å². The summed E-state index contributed by atoms with van der Waals surface area (Å²) >= 11 is 0. The van der Waals surface area contributed by atoms with Gasteiger partial charge in [0.15, 0.2) is 0 Å². The first-order valence-corrected chi connectivity index (χ1v) is 7.09. The van der Waals surface area contributed by atoms with Gasteiger partial charge in [0.2, 0.25) is 5.91 Å². The van der Waals surface area contributed by atoms with Gasteiger partial charge in [0.1, 0.15) is 0 Å². The highest BCUT2D eigenvalue weighted by atomic mass is 19.4. The molecule has 0 saturated heterocycles. The average Bonchev–Trinajstić information content (AvgIpc) is 2.45. The van der Waals surface area contributed by atoms with E-state index in [2.05, 4.69) is 16.0 Å². The number of carbonyl (C=O) groups is 2. The Balaban J connectivity index is 2.62. The molecule has 0 bridgehead atoms. The van der Waals surface area contributed by atoms with Gasteiger partial charge in [-0.2, -0.15) is 18.4 Å². The zero-order valence-electron chi connectivity index (χ0n) is 13.1. The van der Waals surface area contributed by atoms with Crippen molar-refractivity contribution < 1.29 is 22.8 Å². The number of carbonyl (C=O) groups excluding carboxylic acids is 2. The first-order chi connectivity index (χ1) is 11.1. The Morgan fingerprint density at radius 3 is 2.50 bits per heavy atom. The third kappa shape index (κ3) is 6.16. The van der Waals surface area contributed by atoms with E-state index in [1.54, 1.807) is 13.8 Å². The Morgan fingerprint density at radius 2 is 1.96 bits per heavy atom. The standard InChI is InChI=1S/C15H17F3N4O2/c1-9(2)21-13(23)5-6-20-14(24)22-11-4-3-10(8-19)12(7-11)15(16,17)18/h3-4,7,9H,5-6H2,1-2H3,(H,21,23)(H2,20,22,24). The number of benzene rings is 1. The molecule has 130 valence electrons. The molecule has 1 aromatic carbocycles. The van der Waals surface area contributed by atoms with Crippen LogP contribution in [-0.2, 0) is 11.0 Å². The predicted molar refractivity (Wildman–Crippen MR) is 81.1 cm³/mol. The van der Waals surface area contributed by atoms with Gasteiger partial charge in [0.05, 0.1) is 17.2 Å². The van der Waals surface area contributed by atoms with Gasteiger partial charge in [-0.1, -0.05) is 0 Å². The molecular formula is C15H17F3N4O2. The zero-order valence-corrected chi connectivity index (χ0v) is 13.1. The van der Waals surface area contributed by atoms with Crippen LogP contribution in [0.5, 0.6) is 0 Å². The van der Waals surface area contributed by atoms with Crippen molar-refractivity contribution in [2.24, 2.45) is 0 Å². The summed E-state index contributed by atoms with van der Waals surface area (Å²) < 4.78 is 38.5. The third-order valence-corrected chi connectivity index (χ3v) is 2.79. The number of rotatable bonds is 5. The normalized spacial score (nSPS) is 10.9. The lowest BCUT2D eigenvalue weighted by atomic mass is 10.1. The van der Waals surface area contributed by atoms with Gasteiger partial charge in [-0.25, -0.2) is 4.79 Å². The van der Waals surface area contributed by atoms with Crippen molar-refractivity contribution in [2.45, 2.75) is 32.5 Å². The van der Waals surface area contributed by atoms with E-state index in [-0.39, 0.29) is 30.6 Å². The molecule has 6 nitrogen and oxygen atoms in total. The minimum Gasteiger partial charge on any atom is -0.354 e. The van der Waals surface area contributed by atoms with Crippen molar-refractivity contribution in [1.82, 2.24) is 10.6 Å². The van der Waals surface area contributed by atoms with Gasteiger partial charge in [0.25, 0.3) is 0 Å². The van der Waals surface area contributed by atoms with Gasteiger partial charge in [0, 0.05) is 24.7 Å². The van der Waals surface area contributed by atoms with Gasteiger partial charge in [-0.15, -0.1) is 0 Å². The molecule has 9 heteroatoms. The summed E-state index contributed by atoms with van der Waals surface area (Å²) in [5.41, 5.74) is -1.76. The molecule has 3 amide bonds. The van der Waals surface area contributed by atoms with Crippen LogP contribution in [0, 0.1) is 11.3 Å². The Labute approximate surface area is 137 Å². The topological polar surface area (TPSA) is 94.0 Å². The first kappa shape index (κ1) is 19.3. The quantitative estimate of drug-likeness (QED) is 0.768. The van der Waals surface area contributed by atoms with Crippen LogP contribution < -0.4 is 16.0 Å². The summed E-state index contributed by atoms with van der Waals surface area (Å²) in [6.07, 6.45) is -4.65. The minimum atomic E-state index is -4.70. The molecule has 0 heterocycles. The summed E-state index contributed by atoms with van der Waals surface area (Å²) in [4.78, 5) is 23.0. The second-order valence-corrected chi connectivity index (χ2v) is 5.22. The highest BCUT2D eigenvalue weighted by Gasteiger charge is 2.33. The Morgan fingerprint density at radius 1 is 1.29 bits per heavy atom. The molecule has 24 heavy (non-hydrogen) atoms. The van der Waals surface area contributed by atoms with Crippen molar-refractivity contribution in [2.75, 3.05) is 11.9 Å². The van der Waals surface area contributed by atoms with Crippen LogP contribution in [0.4, 0.5) is 23.7 Å². The van der Waals surface area contributed by atoms with E-state index < -0.39 is 23.3 Å². The highest BCUT2D eigenvalue weighted by molar-refractivity contribution is 5.89. The smallest absolute Gasteiger partial charge is 0.354 e. The second-order valence-electron chi connectivity index (χ2n) is 5.22. The SMILES string of the molecule is CC(C)NC(=O)CCNC(=O)Nc1ccc(C#N)c(C(F)(F)F)c1. The number of hydrogen-bond acceptors (Lipinski definition) is 3. The minimum absolute atomic E-state index is 0.0224. The number of urea groups is 1. The van der Waals surface area contributed by atoms with Crippen LogP contribution in [0.1, 0.15) is 31.4 Å². The van der Waals surface area contributed by atoms with Crippen LogP contribution in [0.25, 0.3) is 0 Å². The van der Waals surface area contributed by atoms with Crippen molar-refractivity contribution in [1.29, 1.82) is 5.26 Å². The molecule has 0 aromatic heterocycles. The maximum Gasteiger partial charge on any atom is 0.417 e. The number of halogens is 3. The van der Waals surface area contributed by atoms with E-state index in [1.807, 2.05) is 0 Å². The molecule has 0 unspecified atom stereocenters. The summed E-state index contributed by atoms with van der Waals surface area (Å²) in [7, 11) is 0.